The second-order valence-corrected chi connectivity index (χ2v) is 11.5. The normalized spacial score (nSPS) is 23.3. The summed E-state index contributed by atoms with van der Waals surface area (Å²) in [6.07, 6.45) is 5.00. The van der Waals surface area contributed by atoms with E-state index in [2.05, 4.69) is 58.1 Å². The van der Waals surface area contributed by atoms with Crippen LogP contribution in [0.2, 0.25) is 0 Å². The Morgan fingerprint density at radius 1 is 1.46 bits per heavy atom. The minimum atomic E-state index is -0.780. The molecule has 3 heterocycles. The molecule has 9 heteroatoms. The van der Waals surface area contributed by atoms with Gasteiger partial charge in [-0.25, -0.2) is 4.98 Å². The molecule has 8 nitrogen and oxygen atoms in total. The van der Waals surface area contributed by atoms with Crippen LogP contribution >= 0.6 is 11.3 Å². The number of nitrogens with one attached hydrogen (secondary N) is 3. The summed E-state index contributed by atoms with van der Waals surface area (Å²) in [6, 6.07) is 0. The van der Waals surface area contributed by atoms with Crippen molar-refractivity contribution in [2.75, 3.05) is 45.8 Å². The van der Waals surface area contributed by atoms with E-state index in [0.717, 1.165) is 63.5 Å². The molecule has 0 aliphatic carbocycles. The highest BCUT2D eigenvalue weighted by molar-refractivity contribution is 7.09. The lowest BCUT2D eigenvalue weighted by molar-refractivity contribution is -0.147. The molecule has 0 radical (unpaired) electrons. The lowest BCUT2D eigenvalue weighted by Crippen LogP contribution is -2.68. The number of thiazole rings is 1. The Morgan fingerprint density at radius 2 is 2.23 bits per heavy atom. The molecule has 0 amide bonds. The predicted molar refractivity (Wildman–Crippen MR) is 143 cm³/mol. The van der Waals surface area contributed by atoms with Crippen LogP contribution in [0.4, 0.5) is 0 Å². The number of carboxylic acid groups (broad SMARTS) is 1. The number of aliphatic carboxylic acids is 1. The Morgan fingerprint density at radius 3 is 2.80 bits per heavy atom. The number of carbonyl (C=O) groups is 1. The molecule has 2 atom stereocenters. The van der Waals surface area contributed by atoms with Gasteiger partial charge in [0, 0.05) is 56.5 Å². The second kappa shape index (κ2) is 12.0. The highest BCUT2D eigenvalue weighted by Crippen LogP contribution is 2.29. The van der Waals surface area contributed by atoms with E-state index < -0.39 is 11.4 Å². The fourth-order valence-electron chi connectivity index (χ4n) is 4.57. The van der Waals surface area contributed by atoms with Gasteiger partial charge in [-0.2, -0.15) is 0 Å². The molecule has 0 bridgehead atoms. The van der Waals surface area contributed by atoms with Crippen molar-refractivity contribution in [1.29, 1.82) is 0 Å². The van der Waals surface area contributed by atoms with Crippen LogP contribution in [-0.4, -0.2) is 77.3 Å². The zero-order valence-electron chi connectivity index (χ0n) is 22.1. The van der Waals surface area contributed by atoms with E-state index in [0.29, 0.717) is 6.54 Å². The van der Waals surface area contributed by atoms with E-state index in [1.807, 2.05) is 11.6 Å². The fourth-order valence-corrected chi connectivity index (χ4v) is 5.23. The summed E-state index contributed by atoms with van der Waals surface area (Å²) < 4.78 is 0. The molecular formula is C26H44N6O2S. The van der Waals surface area contributed by atoms with Gasteiger partial charge in [0.1, 0.15) is 11.2 Å². The summed E-state index contributed by atoms with van der Waals surface area (Å²) in [7, 11) is 0. The van der Waals surface area contributed by atoms with Crippen LogP contribution in [0.3, 0.4) is 0 Å². The third kappa shape index (κ3) is 6.92. The first-order valence-electron chi connectivity index (χ1n) is 12.8. The van der Waals surface area contributed by atoms with Gasteiger partial charge in [-0.15, -0.1) is 11.3 Å². The molecule has 2 aliphatic heterocycles. The molecule has 0 aromatic carbocycles. The van der Waals surface area contributed by atoms with Crippen LogP contribution in [0, 0.1) is 5.41 Å². The summed E-state index contributed by atoms with van der Waals surface area (Å²) in [5.41, 5.74) is 2.82. The molecule has 4 N–H and O–H groups in total. The van der Waals surface area contributed by atoms with Crippen LogP contribution < -0.4 is 16.0 Å². The standard InChI is InChI=1S/C26H44N6O2S/c1-7-9-19(3)20-16-28-22(23-27-11-15-35-23)30-21(20)17-31(8-2)13-14-32-12-10-26(32,6)29-18-25(4,5)24(33)34/h11,15,22,28-30H,3,7-10,12-14,16-18H2,1-2,4-6H3,(H,33,34). The number of aromatic nitrogens is 1. The van der Waals surface area contributed by atoms with Crippen molar-refractivity contribution in [3.63, 3.8) is 0 Å². The first-order valence-corrected chi connectivity index (χ1v) is 13.7. The maximum Gasteiger partial charge on any atom is 0.310 e. The summed E-state index contributed by atoms with van der Waals surface area (Å²) in [5.74, 6) is -0.768. The number of rotatable bonds is 14. The summed E-state index contributed by atoms with van der Waals surface area (Å²) in [4.78, 5) is 20.9. The Balaban J connectivity index is 1.63. The highest BCUT2D eigenvalue weighted by atomic mass is 32.1. The third-order valence-electron chi connectivity index (χ3n) is 7.41. The zero-order chi connectivity index (χ0) is 25.6. The van der Waals surface area contributed by atoms with E-state index in [1.54, 1.807) is 25.2 Å². The Labute approximate surface area is 214 Å². The molecule has 1 saturated heterocycles. The second-order valence-electron chi connectivity index (χ2n) is 10.6. The Bertz CT molecular complexity index is 900. The van der Waals surface area contributed by atoms with Crippen LogP contribution in [-0.2, 0) is 4.79 Å². The molecule has 0 saturated carbocycles. The number of hydrogen-bond acceptors (Lipinski definition) is 8. The lowest BCUT2D eigenvalue weighted by Gasteiger charge is -2.52. The predicted octanol–water partition coefficient (Wildman–Crippen LogP) is 3.39. The van der Waals surface area contributed by atoms with Gasteiger partial charge < -0.3 is 10.4 Å². The lowest BCUT2D eigenvalue weighted by atomic mass is 9.90. The summed E-state index contributed by atoms with van der Waals surface area (Å²) in [6.45, 7) is 20.5. The summed E-state index contributed by atoms with van der Waals surface area (Å²) >= 11 is 1.66. The van der Waals surface area contributed by atoms with E-state index in [9.17, 15) is 9.90 Å². The molecule has 2 aliphatic rings. The quantitative estimate of drug-likeness (QED) is 0.306. The van der Waals surface area contributed by atoms with Crippen molar-refractivity contribution in [2.45, 2.75) is 65.7 Å². The molecule has 1 fully saturated rings. The Kier molecular flexibility index (Phi) is 9.51. The van der Waals surface area contributed by atoms with Crippen molar-refractivity contribution in [2.24, 2.45) is 5.41 Å². The average molecular weight is 505 g/mol. The molecular weight excluding hydrogens is 460 g/mol. The molecule has 1 aromatic rings. The van der Waals surface area contributed by atoms with Crippen LogP contribution in [0.15, 0.2) is 35.0 Å². The minimum Gasteiger partial charge on any atom is -0.481 e. The molecule has 3 rings (SSSR count). The van der Waals surface area contributed by atoms with Gasteiger partial charge in [0.05, 0.1) is 11.1 Å². The molecule has 1 aromatic heterocycles. The molecule has 35 heavy (non-hydrogen) atoms. The van der Waals surface area contributed by atoms with Crippen molar-refractivity contribution in [1.82, 2.24) is 30.7 Å². The largest absolute Gasteiger partial charge is 0.481 e. The number of likely N-dealkylation sites (tertiary alicyclic amines) is 1. The van der Waals surface area contributed by atoms with E-state index in [-0.39, 0.29) is 11.8 Å². The molecule has 196 valence electrons. The Hall–Kier alpha value is -1.78. The van der Waals surface area contributed by atoms with Crippen LogP contribution in [0.25, 0.3) is 0 Å². The average Bonchev–Trinajstić information content (AvgIpc) is 3.36. The van der Waals surface area contributed by atoms with Gasteiger partial charge in [-0.1, -0.05) is 26.8 Å². The van der Waals surface area contributed by atoms with Gasteiger partial charge in [0.15, 0.2) is 0 Å². The number of hydrogen-bond donors (Lipinski definition) is 4. The fraction of sp³-hybridized carbons (Fsp3) is 0.692. The van der Waals surface area contributed by atoms with Gasteiger partial charge in [-0.05, 0) is 51.3 Å². The smallest absolute Gasteiger partial charge is 0.310 e. The van der Waals surface area contributed by atoms with E-state index in [1.165, 1.54) is 16.8 Å². The van der Waals surface area contributed by atoms with Gasteiger partial charge in [0.2, 0.25) is 0 Å². The maximum atomic E-state index is 11.5. The van der Waals surface area contributed by atoms with E-state index >= 15 is 0 Å². The summed E-state index contributed by atoms with van der Waals surface area (Å²) in [5, 5.41) is 23.4. The van der Waals surface area contributed by atoms with Crippen molar-refractivity contribution < 1.29 is 9.90 Å². The van der Waals surface area contributed by atoms with Crippen molar-refractivity contribution >= 4 is 17.3 Å². The van der Waals surface area contributed by atoms with Crippen LogP contribution in [0.5, 0.6) is 0 Å². The first-order chi connectivity index (χ1) is 16.6. The molecule has 0 spiro atoms. The monoisotopic (exact) mass is 504 g/mol. The topological polar surface area (TPSA) is 92.8 Å². The highest BCUT2D eigenvalue weighted by Gasteiger charge is 2.41. The van der Waals surface area contributed by atoms with E-state index in [4.69, 9.17) is 0 Å². The number of nitrogens with zero attached hydrogens (tertiary/aromatic N) is 3. The minimum absolute atomic E-state index is 0.0299. The van der Waals surface area contributed by atoms with Gasteiger partial charge >= 0.3 is 5.97 Å². The van der Waals surface area contributed by atoms with Crippen LogP contribution in [0.1, 0.15) is 65.1 Å². The zero-order valence-corrected chi connectivity index (χ0v) is 22.9. The third-order valence-corrected chi connectivity index (χ3v) is 8.25. The maximum absolute atomic E-state index is 11.5. The number of likely N-dealkylation sites (N-methyl/N-ethyl adjacent to an activating group) is 1. The first kappa shape index (κ1) is 27.8. The SMILES string of the molecule is C=C(CCC)C1=C(CN(CC)CCN2CCC2(C)NCC(C)(C)C(=O)O)NC(c2nccs2)NC1. The number of carboxylic acids is 1. The molecule has 2 unspecified atom stereocenters. The van der Waals surface area contributed by atoms with Crippen molar-refractivity contribution in [3.05, 3.63) is 40.0 Å². The van der Waals surface area contributed by atoms with Gasteiger partial charge in [0.25, 0.3) is 0 Å². The van der Waals surface area contributed by atoms with Gasteiger partial charge in [-0.3, -0.25) is 25.2 Å². The van der Waals surface area contributed by atoms with Crippen molar-refractivity contribution in [3.8, 4) is 0 Å².